The van der Waals surface area contributed by atoms with Crippen molar-refractivity contribution in [2.45, 2.75) is 31.1 Å². The highest BCUT2D eigenvalue weighted by Crippen LogP contribution is 2.17. The van der Waals surface area contributed by atoms with E-state index in [4.69, 9.17) is 4.42 Å². The number of carbonyl (C=O) groups is 2. The zero-order valence-electron chi connectivity index (χ0n) is 12.8. The molecular weight excluding hydrogens is 302 g/mol. The molecule has 0 saturated carbocycles. The topological polar surface area (TPSA) is 74.6 Å². The molecule has 1 atom stereocenters. The van der Waals surface area contributed by atoms with Gasteiger partial charge in [0.1, 0.15) is 11.8 Å². The standard InChI is InChI=1S/C15H23N3O3S/c1-16-14(19)13-6-2-8-18(13)15(20)17-7-4-10-22-11-12-5-3-9-21-12/h3,5,9,13H,2,4,6-8,10-11H2,1H3,(H,16,19)(H,17,20)/t13-/m1/s1. The Morgan fingerprint density at radius 3 is 3.09 bits per heavy atom. The second kappa shape index (κ2) is 8.73. The van der Waals surface area contributed by atoms with E-state index in [1.165, 1.54) is 0 Å². The van der Waals surface area contributed by atoms with Gasteiger partial charge in [-0.2, -0.15) is 11.8 Å². The molecule has 1 aliphatic heterocycles. The summed E-state index contributed by atoms with van der Waals surface area (Å²) in [7, 11) is 1.60. The van der Waals surface area contributed by atoms with Gasteiger partial charge in [-0.25, -0.2) is 4.79 Å². The molecule has 7 heteroatoms. The molecule has 1 aliphatic rings. The number of thioether (sulfide) groups is 1. The van der Waals surface area contributed by atoms with Crippen molar-refractivity contribution in [2.24, 2.45) is 0 Å². The van der Waals surface area contributed by atoms with Gasteiger partial charge in [-0.05, 0) is 37.1 Å². The quantitative estimate of drug-likeness (QED) is 0.750. The first-order valence-corrected chi connectivity index (χ1v) is 8.74. The van der Waals surface area contributed by atoms with Crippen molar-refractivity contribution in [1.82, 2.24) is 15.5 Å². The summed E-state index contributed by atoms with van der Waals surface area (Å²) in [6, 6.07) is 3.39. The SMILES string of the molecule is CNC(=O)[C@H]1CCCN1C(=O)NCCCSCc1ccco1. The number of hydrogen-bond donors (Lipinski definition) is 2. The third-order valence-electron chi connectivity index (χ3n) is 3.63. The minimum Gasteiger partial charge on any atom is -0.468 e. The van der Waals surface area contributed by atoms with E-state index in [0.717, 1.165) is 36.5 Å². The third kappa shape index (κ3) is 4.69. The zero-order chi connectivity index (χ0) is 15.8. The Labute approximate surface area is 135 Å². The van der Waals surface area contributed by atoms with Crippen LogP contribution in [0, 0.1) is 0 Å². The molecule has 1 aromatic heterocycles. The van der Waals surface area contributed by atoms with Gasteiger partial charge in [-0.15, -0.1) is 0 Å². The van der Waals surface area contributed by atoms with E-state index in [0.29, 0.717) is 13.1 Å². The number of likely N-dealkylation sites (tertiary alicyclic amines) is 1. The largest absolute Gasteiger partial charge is 0.468 e. The van der Waals surface area contributed by atoms with Gasteiger partial charge in [0.05, 0.1) is 12.0 Å². The van der Waals surface area contributed by atoms with Crippen molar-refractivity contribution in [3.8, 4) is 0 Å². The van der Waals surface area contributed by atoms with E-state index in [2.05, 4.69) is 10.6 Å². The minimum atomic E-state index is -0.321. The Kier molecular flexibility index (Phi) is 6.64. The van der Waals surface area contributed by atoms with Crippen LogP contribution in [-0.2, 0) is 10.5 Å². The maximum atomic E-state index is 12.1. The Balaban J connectivity index is 1.60. The highest BCUT2D eigenvalue weighted by molar-refractivity contribution is 7.98. The fraction of sp³-hybridized carbons (Fsp3) is 0.600. The fourth-order valence-corrected chi connectivity index (χ4v) is 3.35. The summed E-state index contributed by atoms with van der Waals surface area (Å²) >= 11 is 1.78. The van der Waals surface area contributed by atoms with E-state index in [-0.39, 0.29) is 18.0 Å². The summed E-state index contributed by atoms with van der Waals surface area (Å²) in [6.07, 6.45) is 4.20. The summed E-state index contributed by atoms with van der Waals surface area (Å²) < 4.78 is 5.26. The lowest BCUT2D eigenvalue weighted by atomic mass is 10.2. The molecule has 1 saturated heterocycles. The summed E-state index contributed by atoms with van der Waals surface area (Å²) in [5.41, 5.74) is 0. The van der Waals surface area contributed by atoms with E-state index >= 15 is 0 Å². The summed E-state index contributed by atoms with van der Waals surface area (Å²) in [4.78, 5) is 25.5. The van der Waals surface area contributed by atoms with Crippen LogP contribution >= 0.6 is 11.8 Å². The number of furan rings is 1. The zero-order valence-corrected chi connectivity index (χ0v) is 13.7. The summed E-state index contributed by atoms with van der Waals surface area (Å²) in [5.74, 6) is 2.70. The average Bonchev–Trinajstić information content (AvgIpc) is 3.20. The van der Waals surface area contributed by atoms with Crippen LogP contribution in [0.4, 0.5) is 4.79 Å². The van der Waals surface area contributed by atoms with Crippen LogP contribution in [0.5, 0.6) is 0 Å². The number of rotatable bonds is 7. The lowest BCUT2D eigenvalue weighted by molar-refractivity contribution is -0.124. The fourth-order valence-electron chi connectivity index (χ4n) is 2.49. The molecule has 2 N–H and O–H groups in total. The number of likely N-dealkylation sites (N-methyl/N-ethyl adjacent to an activating group) is 1. The molecule has 1 aromatic rings. The second-order valence-electron chi connectivity index (χ2n) is 5.18. The Morgan fingerprint density at radius 2 is 2.36 bits per heavy atom. The van der Waals surface area contributed by atoms with Gasteiger partial charge in [-0.1, -0.05) is 0 Å². The van der Waals surface area contributed by atoms with Gasteiger partial charge in [-0.3, -0.25) is 4.79 Å². The molecule has 0 aliphatic carbocycles. The maximum absolute atomic E-state index is 12.1. The van der Waals surface area contributed by atoms with E-state index in [1.807, 2.05) is 12.1 Å². The molecular formula is C15H23N3O3S. The molecule has 0 aromatic carbocycles. The van der Waals surface area contributed by atoms with E-state index in [9.17, 15) is 9.59 Å². The monoisotopic (exact) mass is 325 g/mol. The molecule has 0 unspecified atom stereocenters. The van der Waals surface area contributed by atoms with E-state index in [1.54, 1.807) is 30.0 Å². The second-order valence-corrected chi connectivity index (χ2v) is 6.29. The van der Waals surface area contributed by atoms with Crippen LogP contribution in [0.2, 0.25) is 0 Å². The third-order valence-corrected chi connectivity index (χ3v) is 4.69. The van der Waals surface area contributed by atoms with Gasteiger partial charge < -0.3 is 20.0 Å². The van der Waals surface area contributed by atoms with Crippen LogP contribution in [0.3, 0.4) is 0 Å². The van der Waals surface area contributed by atoms with Crippen molar-refractivity contribution in [3.63, 3.8) is 0 Å². The van der Waals surface area contributed by atoms with E-state index < -0.39 is 0 Å². The van der Waals surface area contributed by atoms with Gasteiger partial charge >= 0.3 is 6.03 Å². The molecule has 2 rings (SSSR count). The molecule has 0 spiro atoms. The molecule has 122 valence electrons. The van der Waals surface area contributed by atoms with Crippen molar-refractivity contribution < 1.29 is 14.0 Å². The van der Waals surface area contributed by atoms with Crippen LogP contribution in [0.1, 0.15) is 25.0 Å². The van der Waals surface area contributed by atoms with Gasteiger partial charge in [0.15, 0.2) is 0 Å². The highest BCUT2D eigenvalue weighted by Gasteiger charge is 2.33. The lowest BCUT2D eigenvalue weighted by Crippen LogP contribution is -2.49. The normalized spacial score (nSPS) is 17.5. The predicted octanol–water partition coefficient (Wildman–Crippen LogP) is 1.82. The number of hydrogen-bond acceptors (Lipinski definition) is 4. The predicted molar refractivity (Wildman–Crippen MR) is 86.7 cm³/mol. The number of amides is 3. The first-order valence-electron chi connectivity index (χ1n) is 7.58. The number of nitrogens with one attached hydrogen (secondary N) is 2. The Bertz CT molecular complexity index is 478. The Morgan fingerprint density at radius 1 is 1.50 bits per heavy atom. The van der Waals surface area contributed by atoms with Crippen molar-refractivity contribution in [3.05, 3.63) is 24.2 Å². The number of nitrogens with zero attached hydrogens (tertiary/aromatic N) is 1. The van der Waals surface area contributed by atoms with Crippen LogP contribution in [-0.4, -0.2) is 48.8 Å². The first-order chi connectivity index (χ1) is 10.7. The smallest absolute Gasteiger partial charge is 0.318 e. The van der Waals surface area contributed by atoms with Gasteiger partial charge in [0, 0.05) is 20.1 Å². The van der Waals surface area contributed by atoms with Crippen molar-refractivity contribution in [1.29, 1.82) is 0 Å². The average molecular weight is 325 g/mol. The maximum Gasteiger partial charge on any atom is 0.318 e. The molecule has 3 amide bonds. The highest BCUT2D eigenvalue weighted by atomic mass is 32.2. The van der Waals surface area contributed by atoms with Crippen LogP contribution < -0.4 is 10.6 Å². The summed E-state index contributed by atoms with van der Waals surface area (Å²) in [6.45, 7) is 1.28. The Hall–Kier alpha value is -1.63. The van der Waals surface area contributed by atoms with Crippen molar-refractivity contribution >= 4 is 23.7 Å². The van der Waals surface area contributed by atoms with Crippen molar-refractivity contribution in [2.75, 3.05) is 25.9 Å². The van der Waals surface area contributed by atoms with Crippen LogP contribution in [0.15, 0.2) is 22.8 Å². The molecule has 22 heavy (non-hydrogen) atoms. The van der Waals surface area contributed by atoms with Gasteiger partial charge in [0.2, 0.25) is 5.91 Å². The molecule has 6 nitrogen and oxygen atoms in total. The van der Waals surface area contributed by atoms with Gasteiger partial charge in [0.25, 0.3) is 0 Å². The molecule has 0 radical (unpaired) electrons. The number of urea groups is 1. The van der Waals surface area contributed by atoms with Crippen LogP contribution in [0.25, 0.3) is 0 Å². The molecule has 1 fully saturated rings. The first kappa shape index (κ1) is 16.7. The molecule has 2 heterocycles. The number of carbonyl (C=O) groups excluding carboxylic acids is 2. The minimum absolute atomic E-state index is 0.0818. The summed E-state index contributed by atoms with van der Waals surface area (Å²) in [5, 5.41) is 5.51. The lowest BCUT2D eigenvalue weighted by Gasteiger charge is -2.23. The molecule has 0 bridgehead atoms.